The first-order valence-corrected chi connectivity index (χ1v) is 9.71. The Kier molecular flexibility index (Phi) is 6.69. The number of nitrogens with two attached hydrogens (primary N) is 1. The molecule has 0 aliphatic carbocycles. The summed E-state index contributed by atoms with van der Waals surface area (Å²) < 4.78 is 1.18. The van der Waals surface area contributed by atoms with Crippen LogP contribution in [-0.4, -0.2) is 48.1 Å². The van der Waals surface area contributed by atoms with Crippen LogP contribution < -0.4 is 5.73 Å². The predicted octanol–water partition coefficient (Wildman–Crippen LogP) is 3.71. The summed E-state index contributed by atoms with van der Waals surface area (Å²) in [5.41, 5.74) is 6.45. The monoisotopic (exact) mass is 373 g/mol. The van der Waals surface area contributed by atoms with Gasteiger partial charge in [-0.2, -0.15) is 0 Å². The Morgan fingerprint density at radius 3 is 2.29 bits per heavy atom. The molecule has 1 aromatic rings. The number of hydrogen-bond acceptors (Lipinski definition) is 4. The van der Waals surface area contributed by atoms with E-state index in [1.54, 1.807) is 0 Å². The zero-order valence-corrected chi connectivity index (χ0v) is 15.8. The quantitative estimate of drug-likeness (QED) is 0.824. The normalized spacial score (nSPS) is 22.1. The molecule has 1 aliphatic rings. The Balaban J connectivity index is 2.06. The Hall–Kier alpha value is 0.0600. The van der Waals surface area contributed by atoms with Gasteiger partial charge in [0.15, 0.2) is 0 Å². The first kappa shape index (κ1) is 17.4. The predicted molar refractivity (Wildman–Crippen MR) is 95.9 cm³/mol. The van der Waals surface area contributed by atoms with Crippen LogP contribution >= 0.6 is 27.3 Å². The first-order chi connectivity index (χ1) is 10.1. The second kappa shape index (κ2) is 8.06. The lowest BCUT2D eigenvalue weighted by molar-refractivity contribution is 0.0640. The molecule has 2 N–H and O–H groups in total. The molecule has 0 amide bonds. The van der Waals surface area contributed by atoms with Crippen LogP contribution in [0.5, 0.6) is 0 Å². The van der Waals surface area contributed by atoms with E-state index in [1.807, 2.05) is 11.3 Å². The van der Waals surface area contributed by atoms with Gasteiger partial charge < -0.3 is 5.73 Å². The minimum atomic E-state index is 0.214. The molecule has 1 fully saturated rings. The van der Waals surface area contributed by atoms with Crippen LogP contribution in [0.3, 0.4) is 0 Å². The SMILES string of the molecule is CCC(N)C(c1cc(Br)cs1)N1CCN(C(C)CC)CC1. The van der Waals surface area contributed by atoms with Gasteiger partial charge in [0.05, 0.1) is 6.04 Å². The number of halogens is 1. The zero-order chi connectivity index (χ0) is 15.4. The van der Waals surface area contributed by atoms with Gasteiger partial charge in [-0.3, -0.25) is 9.80 Å². The van der Waals surface area contributed by atoms with E-state index in [0.29, 0.717) is 12.1 Å². The van der Waals surface area contributed by atoms with Crippen LogP contribution in [0.4, 0.5) is 0 Å². The third kappa shape index (κ3) is 4.29. The summed E-state index contributed by atoms with van der Waals surface area (Å²) in [6.45, 7) is 11.4. The fourth-order valence-electron chi connectivity index (χ4n) is 3.08. The third-order valence-electron chi connectivity index (χ3n) is 4.71. The van der Waals surface area contributed by atoms with Crippen LogP contribution in [0.2, 0.25) is 0 Å². The average Bonchev–Trinajstić information content (AvgIpc) is 2.93. The number of nitrogens with zero attached hydrogens (tertiary/aromatic N) is 2. The van der Waals surface area contributed by atoms with Crippen molar-refractivity contribution in [1.29, 1.82) is 0 Å². The second-order valence-electron chi connectivity index (χ2n) is 6.01. The highest BCUT2D eigenvalue weighted by molar-refractivity contribution is 9.10. The van der Waals surface area contributed by atoms with E-state index in [1.165, 1.54) is 15.8 Å². The van der Waals surface area contributed by atoms with E-state index in [0.717, 1.165) is 32.6 Å². The van der Waals surface area contributed by atoms with Crippen molar-refractivity contribution in [1.82, 2.24) is 9.80 Å². The average molecular weight is 374 g/mol. The van der Waals surface area contributed by atoms with Crippen LogP contribution in [0.15, 0.2) is 15.9 Å². The summed E-state index contributed by atoms with van der Waals surface area (Å²) in [5, 5.41) is 2.17. The molecule has 21 heavy (non-hydrogen) atoms. The highest BCUT2D eigenvalue weighted by Crippen LogP contribution is 2.33. The number of thiophene rings is 1. The van der Waals surface area contributed by atoms with E-state index in [9.17, 15) is 0 Å². The standard InChI is InChI=1S/C16H28BrN3S/c1-4-12(3)19-6-8-20(9-7-19)16(14(18)5-2)15-10-13(17)11-21-15/h10-12,14,16H,4-9,18H2,1-3H3. The number of hydrogen-bond donors (Lipinski definition) is 1. The molecule has 1 saturated heterocycles. The maximum absolute atomic E-state index is 6.45. The Morgan fingerprint density at radius 1 is 1.19 bits per heavy atom. The van der Waals surface area contributed by atoms with Gasteiger partial charge >= 0.3 is 0 Å². The minimum Gasteiger partial charge on any atom is -0.326 e. The molecule has 0 aromatic carbocycles. The van der Waals surface area contributed by atoms with Crippen molar-refractivity contribution in [2.45, 2.75) is 51.7 Å². The molecule has 0 saturated carbocycles. The van der Waals surface area contributed by atoms with Gasteiger partial charge in [0, 0.05) is 53.0 Å². The molecule has 120 valence electrons. The lowest BCUT2D eigenvalue weighted by Crippen LogP contribution is -2.53. The number of piperazine rings is 1. The summed E-state index contributed by atoms with van der Waals surface area (Å²) >= 11 is 5.40. The smallest absolute Gasteiger partial charge is 0.0594 e. The van der Waals surface area contributed by atoms with Crippen LogP contribution in [0, 0.1) is 0 Å². The van der Waals surface area contributed by atoms with Crippen LogP contribution in [0.25, 0.3) is 0 Å². The molecule has 1 aliphatic heterocycles. The van der Waals surface area contributed by atoms with Crippen LogP contribution in [0.1, 0.15) is 44.5 Å². The van der Waals surface area contributed by atoms with Gasteiger partial charge in [-0.1, -0.05) is 13.8 Å². The molecular formula is C16H28BrN3S. The highest BCUT2D eigenvalue weighted by Gasteiger charge is 2.30. The van der Waals surface area contributed by atoms with E-state index < -0.39 is 0 Å². The summed E-state index contributed by atoms with van der Waals surface area (Å²) in [6.07, 6.45) is 2.25. The highest BCUT2D eigenvalue weighted by atomic mass is 79.9. The van der Waals surface area contributed by atoms with E-state index in [-0.39, 0.29) is 6.04 Å². The Bertz CT molecular complexity index is 429. The van der Waals surface area contributed by atoms with Crippen molar-refractivity contribution < 1.29 is 0 Å². The molecule has 2 heterocycles. The molecule has 0 bridgehead atoms. The molecular weight excluding hydrogens is 346 g/mol. The van der Waals surface area contributed by atoms with E-state index in [2.05, 4.69) is 57.9 Å². The molecule has 2 rings (SSSR count). The largest absolute Gasteiger partial charge is 0.326 e. The topological polar surface area (TPSA) is 32.5 Å². The molecule has 5 heteroatoms. The Labute approximate surface area is 141 Å². The minimum absolute atomic E-state index is 0.214. The van der Waals surface area contributed by atoms with Crippen molar-refractivity contribution in [3.63, 3.8) is 0 Å². The lowest BCUT2D eigenvalue weighted by Gasteiger charge is -2.42. The fourth-order valence-corrected chi connectivity index (χ4v) is 4.74. The van der Waals surface area contributed by atoms with Gasteiger partial charge in [-0.05, 0) is 41.8 Å². The lowest BCUT2D eigenvalue weighted by atomic mass is 10.0. The summed E-state index contributed by atoms with van der Waals surface area (Å²) in [7, 11) is 0. The van der Waals surface area contributed by atoms with Crippen molar-refractivity contribution in [3.05, 3.63) is 20.8 Å². The molecule has 3 nitrogen and oxygen atoms in total. The van der Waals surface area contributed by atoms with Gasteiger partial charge in [0.25, 0.3) is 0 Å². The van der Waals surface area contributed by atoms with Crippen LogP contribution in [-0.2, 0) is 0 Å². The number of rotatable bonds is 6. The first-order valence-electron chi connectivity index (χ1n) is 8.04. The fraction of sp³-hybridized carbons (Fsp3) is 0.750. The van der Waals surface area contributed by atoms with Gasteiger partial charge in [-0.25, -0.2) is 0 Å². The second-order valence-corrected chi connectivity index (χ2v) is 7.87. The van der Waals surface area contributed by atoms with Gasteiger partial charge in [-0.15, -0.1) is 11.3 Å². The van der Waals surface area contributed by atoms with E-state index in [4.69, 9.17) is 5.73 Å². The van der Waals surface area contributed by atoms with Crippen molar-refractivity contribution in [2.24, 2.45) is 5.73 Å². The molecule has 0 radical (unpaired) electrons. The maximum atomic E-state index is 6.45. The van der Waals surface area contributed by atoms with E-state index >= 15 is 0 Å². The summed E-state index contributed by atoms with van der Waals surface area (Å²) in [6, 6.07) is 3.52. The molecule has 1 aromatic heterocycles. The summed E-state index contributed by atoms with van der Waals surface area (Å²) in [5.74, 6) is 0. The maximum Gasteiger partial charge on any atom is 0.0594 e. The molecule has 3 unspecified atom stereocenters. The Morgan fingerprint density at radius 2 is 1.81 bits per heavy atom. The zero-order valence-electron chi connectivity index (χ0n) is 13.4. The summed E-state index contributed by atoms with van der Waals surface area (Å²) in [4.78, 5) is 6.59. The van der Waals surface area contributed by atoms with Gasteiger partial charge in [0.2, 0.25) is 0 Å². The molecule has 3 atom stereocenters. The molecule has 0 spiro atoms. The van der Waals surface area contributed by atoms with Gasteiger partial charge in [0.1, 0.15) is 0 Å². The third-order valence-corrected chi connectivity index (χ3v) is 6.48. The van der Waals surface area contributed by atoms with Crippen molar-refractivity contribution in [3.8, 4) is 0 Å². The van der Waals surface area contributed by atoms with Crippen molar-refractivity contribution in [2.75, 3.05) is 26.2 Å². The van der Waals surface area contributed by atoms with Crippen molar-refractivity contribution >= 4 is 27.3 Å².